The average molecular weight is 214 g/mol. The number of fused-ring (bicyclic) bond motifs is 1. The molecular weight excluding hydrogens is 202 g/mol. The van der Waals surface area contributed by atoms with Crippen molar-refractivity contribution >= 4 is 15.9 Å². The molecule has 2 rings (SSSR count). The molecule has 1 atom stereocenters. The summed E-state index contributed by atoms with van der Waals surface area (Å²) in [5.41, 5.74) is 2.89. The van der Waals surface area contributed by atoms with Gasteiger partial charge >= 0.3 is 0 Å². The van der Waals surface area contributed by atoms with Crippen LogP contribution in [-0.4, -0.2) is 11.4 Å². The number of nitrogens with one attached hydrogen (secondary N) is 1. The molecule has 11 heavy (non-hydrogen) atoms. The molecule has 2 aliphatic rings. The van der Waals surface area contributed by atoms with Crippen LogP contribution >= 0.6 is 15.9 Å². The highest BCUT2D eigenvalue weighted by molar-refractivity contribution is 9.09. The highest BCUT2D eigenvalue weighted by atomic mass is 79.9. The van der Waals surface area contributed by atoms with Gasteiger partial charge in [0.2, 0.25) is 0 Å². The van der Waals surface area contributed by atoms with Gasteiger partial charge in [0, 0.05) is 17.1 Å². The minimum Gasteiger partial charge on any atom is -0.385 e. The standard InChI is InChI=1S/C9H12BrN/c10-8-4-3-7-2-1-5-11-9(7)6-8/h3,6,8,11H,1-2,4-5H2. The van der Waals surface area contributed by atoms with Crippen LogP contribution in [0.1, 0.15) is 19.3 Å². The predicted octanol–water partition coefficient (Wildman–Crippen LogP) is 2.35. The second-order valence-electron chi connectivity index (χ2n) is 3.09. The van der Waals surface area contributed by atoms with Gasteiger partial charge in [-0.25, -0.2) is 0 Å². The van der Waals surface area contributed by atoms with Crippen molar-refractivity contribution in [1.29, 1.82) is 0 Å². The first-order valence-electron chi connectivity index (χ1n) is 4.15. The molecule has 1 fully saturated rings. The topological polar surface area (TPSA) is 12.0 Å². The molecule has 1 saturated heterocycles. The Morgan fingerprint density at radius 1 is 1.55 bits per heavy atom. The lowest BCUT2D eigenvalue weighted by Gasteiger charge is -2.24. The molecule has 2 heteroatoms. The monoisotopic (exact) mass is 213 g/mol. The van der Waals surface area contributed by atoms with E-state index in [9.17, 15) is 0 Å². The Bertz CT molecular complexity index is 218. The number of hydrogen-bond donors (Lipinski definition) is 1. The molecule has 0 radical (unpaired) electrons. The molecule has 0 aromatic rings. The van der Waals surface area contributed by atoms with E-state index >= 15 is 0 Å². The third-order valence-corrected chi connectivity index (χ3v) is 2.86. The lowest BCUT2D eigenvalue weighted by atomic mass is 9.96. The molecule has 1 aliphatic heterocycles. The summed E-state index contributed by atoms with van der Waals surface area (Å²) in [4.78, 5) is 0.548. The fourth-order valence-corrected chi connectivity index (χ4v) is 2.08. The number of hydrogen-bond acceptors (Lipinski definition) is 1. The van der Waals surface area contributed by atoms with E-state index in [1.54, 1.807) is 0 Å². The van der Waals surface area contributed by atoms with E-state index in [2.05, 4.69) is 33.4 Å². The van der Waals surface area contributed by atoms with Crippen LogP contribution in [0.2, 0.25) is 0 Å². The lowest BCUT2D eigenvalue weighted by molar-refractivity contribution is 0.656. The van der Waals surface area contributed by atoms with E-state index in [1.165, 1.54) is 24.1 Å². The third-order valence-electron chi connectivity index (χ3n) is 2.22. The van der Waals surface area contributed by atoms with Gasteiger partial charge in [-0.15, -0.1) is 0 Å². The first kappa shape index (κ1) is 7.41. The Labute approximate surface area is 75.7 Å². The van der Waals surface area contributed by atoms with Gasteiger partial charge in [-0.05, 0) is 30.9 Å². The number of rotatable bonds is 0. The second-order valence-corrected chi connectivity index (χ2v) is 4.27. The van der Waals surface area contributed by atoms with Crippen LogP contribution in [-0.2, 0) is 0 Å². The van der Waals surface area contributed by atoms with E-state index in [0.29, 0.717) is 4.83 Å². The van der Waals surface area contributed by atoms with Crippen LogP contribution in [0.5, 0.6) is 0 Å². The van der Waals surface area contributed by atoms with Crippen molar-refractivity contribution in [3.05, 3.63) is 23.4 Å². The maximum absolute atomic E-state index is 3.59. The van der Waals surface area contributed by atoms with E-state index in [-0.39, 0.29) is 0 Å². The Kier molecular flexibility index (Phi) is 2.03. The molecule has 0 amide bonds. The normalized spacial score (nSPS) is 29.7. The molecule has 1 unspecified atom stereocenters. The van der Waals surface area contributed by atoms with E-state index < -0.39 is 0 Å². The average Bonchev–Trinajstić information content (AvgIpc) is 2.04. The largest absolute Gasteiger partial charge is 0.385 e. The Morgan fingerprint density at radius 3 is 3.36 bits per heavy atom. The van der Waals surface area contributed by atoms with Gasteiger partial charge in [0.05, 0.1) is 0 Å². The Morgan fingerprint density at radius 2 is 2.45 bits per heavy atom. The second kappa shape index (κ2) is 3.02. The summed E-state index contributed by atoms with van der Waals surface area (Å²) < 4.78 is 0. The molecule has 1 heterocycles. The third kappa shape index (κ3) is 1.51. The fraction of sp³-hybridized carbons (Fsp3) is 0.556. The molecule has 0 aromatic carbocycles. The first-order chi connectivity index (χ1) is 5.36. The van der Waals surface area contributed by atoms with Gasteiger partial charge < -0.3 is 5.32 Å². The van der Waals surface area contributed by atoms with Gasteiger partial charge in [-0.1, -0.05) is 22.0 Å². The zero-order valence-corrected chi connectivity index (χ0v) is 8.02. The van der Waals surface area contributed by atoms with Crippen LogP contribution in [0, 0.1) is 0 Å². The Balaban J connectivity index is 2.19. The maximum Gasteiger partial charge on any atom is 0.0382 e. The number of piperidine rings is 1. The van der Waals surface area contributed by atoms with Crippen molar-refractivity contribution in [1.82, 2.24) is 5.32 Å². The molecule has 0 spiro atoms. The highest BCUT2D eigenvalue weighted by Gasteiger charge is 2.15. The summed E-state index contributed by atoms with van der Waals surface area (Å²) in [6.07, 6.45) is 8.34. The summed E-state index contributed by atoms with van der Waals surface area (Å²) in [5.74, 6) is 0. The number of alkyl halides is 1. The van der Waals surface area contributed by atoms with Crippen molar-refractivity contribution in [3.8, 4) is 0 Å². The van der Waals surface area contributed by atoms with Crippen LogP contribution in [0.25, 0.3) is 0 Å². The molecular formula is C9H12BrN. The summed E-state index contributed by atoms with van der Waals surface area (Å²) in [5, 5.41) is 3.41. The van der Waals surface area contributed by atoms with Crippen LogP contribution < -0.4 is 5.32 Å². The molecule has 1 nitrogen and oxygen atoms in total. The first-order valence-corrected chi connectivity index (χ1v) is 5.07. The maximum atomic E-state index is 3.59. The van der Waals surface area contributed by atoms with Gasteiger partial charge in [0.1, 0.15) is 0 Å². The minimum atomic E-state index is 0.548. The number of allylic oxidation sites excluding steroid dienone is 3. The van der Waals surface area contributed by atoms with Crippen LogP contribution in [0.15, 0.2) is 23.4 Å². The van der Waals surface area contributed by atoms with E-state index in [4.69, 9.17) is 0 Å². The van der Waals surface area contributed by atoms with Gasteiger partial charge in [-0.2, -0.15) is 0 Å². The zero-order chi connectivity index (χ0) is 7.68. The number of halogens is 1. The summed E-state index contributed by atoms with van der Waals surface area (Å²) in [7, 11) is 0. The van der Waals surface area contributed by atoms with Crippen molar-refractivity contribution in [2.45, 2.75) is 24.1 Å². The van der Waals surface area contributed by atoms with Crippen molar-refractivity contribution < 1.29 is 0 Å². The molecule has 60 valence electrons. The lowest BCUT2D eigenvalue weighted by Crippen LogP contribution is -2.24. The van der Waals surface area contributed by atoms with Gasteiger partial charge in [0.25, 0.3) is 0 Å². The minimum absolute atomic E-state index is 0.548. The van der Waals surface area contributed by atoms with Crippen LogP contribution in [0.3, 0.4) is 0 Å². The smallest absolute Gasteiger partial charge is 0.0382 e. The Hall–Kier alpha value is -0.240. The summed E-state index contributed by atoms with van der Waals surface area (Å²) in [6, 6.07) is 0. The van der Waals surface area contributed by atoms with E-state index in [0.717, 1.165) is 13.0 Å². The van der Waals surface area contributed by atoms with Crippen molar-refractivity contribution in [3.63, 3.8) is 0 Å². The predicted molar refractivity (Wildman–Crippen MR) is 50.7 cm³/mol. The van der Waals surface area contributed by atoms with Crippen molar-refractivity contribution in [2.75, 3.05) is 6.54 Å². The SMILES string of the molecule is BrC1C=C2NCCCC2=CC1. The van der Waals surface area contributed by atoms with E-state index in [1.807, 2.05) is 0 Å². The molecule has 1 aliphatic carbocycles. The fourth-order valence-electron chi connectivity index (χ4n) is 1.63. The van der Waals surface area contributed by atoms with Crippen molar-refractivity contribution in [2.24, 2.45) is 0 Å². The summed E-state index contributed by atoms with van der Waals surface area (Å²) >= 11 is 3.59. The quantitative estimate of drug-likeness (QED) is 0.610. The zero-order valence-electron chi connectivity index (χ0n) is 6.44. The molecule has 0 bridgehead atoms. The summed E-state index contributed by atoms with van der Waals surface area (Å²) in [6.45, 7) is 1.14. The van der Waals surface area contributed by atoms with Gasteiger partial charge in [0.15, 0.2) is 0 Å². The highest BCUT2D eigenvalue weighted by Crippen LogP contribution is 2.26. The molecule has 1 N–H and O–H groups in total. The molecule has 0 saturated carbocycles. The van der Waals surface area contributed by atoms with Gasteiger partial charge in [-0.3, -0.25) is 0 Å². The molecule has 0 aromatic heterocycles. The van der Waals surface area contributed by atoms with Crippen LogP contribution in [0.4, 0.5) is 0 Å².